The van der Waals surface area contributed by atoms with Gasteiger partial charge in [0.1, 0.15) is 0 Å². The number of anilines is 4. The zero-order valence-corrected chi connectivity index (χ0v) is 19.3. The van der Waals surface area contributed by atoms with Crippen LogP contribution in [0.25, 0.3) is 11.3 Å². The van der Waals surface area contributed by atoms with Gasteiger partial charge in [0, 0.05) is 41.5 Å². The van der Waals surface area contributed by atoms with Crippen molar-refractivity contribution in [2.24, 2.45) is 5.84 Å². The first kappa shape index (κ1) is 22.4. The molecular weight excluding hydrogens is 436 g/mol. The van der Waals surface area contributed by atoms with Gasteiger partial charge in [-0.15, -0.1) is 0 Å². The van der Waals surface area contributed by atoms with E-state index in [1.54, 1.807) is 24.3 Å². The highest BCUT2D eigenvalue weighted by molar-refractivity contribution is 6.05. The van der Waals surface area contributed by atoms with E-state index < -0.39 is 0 Å². The lowest BCUT2D eigenvalue weighted by Gasteiger charge is -2.19. The predicted octanol–water partition coefficient (Wildman–Crippen LogP) is 4.86. The molecule has 1 aromatic heterocycles. The molecule has 1 atom stereocenters. The summed E-state index contributed by atoms with van der Waals surface area (Å²) >= 11 is 0. The van der Waals surface area contributed by atoms with E-state index in [1.807, 2.05) is 24.3 Å². The summed E-state index contributed by atoms with van der Waals surface area (Å²) < 4.78 is 0. The molecule has 1 amide bonds. The van der Waals surface area contributed by atoms with E-state index in [4.69, 9.17) is 11.6 Å². The molecule has 2 heterocycles. The first-order chi connectivity index (χ1) is 17.1. The van der Waals surface area contributed by atoms with Gasteiger partial charge in [-0.2, -0.15) is 0 Å². The number of carbonyl (C=O) groups excluding carboxylic acids is 1. The normalized spacial score (nSPS) is 15.1. The molecule has 0 spiro atoms. The number of nitrogens with zero attached hydrogens (tertiary/aromatic N) is 2. The molecular formula is C28H28N6O. The topological polar surface area (TPSA) is 109 Å². The van der Waals surface area contributed by atoms with Crippen molar-refractivity contribution >= 4 is 28.8 Å². The fourth-order valence-electron chi connectivity index (χ4n) is 4.52. The Bertz CT molecular complexity index is 1320. The van der Waals surface area contributed by atoms with Gasteiger partial charge in [0.15, 0.2) is 5.82 Å². The number of hydrogen-bond donors (Lipinski definition) is 4. The van der Waals surface area contributed by atoms with Crippen molar-refractivity contribution in [2.45, 2.75) is 12.3 Å². The van der Waals surface area contributed by atoms with Crippen molar-refractivity contribution in [3.8, 4) is 11.3 Å². The Hall–Kier alpha value is -4.36. The van der Waals surface area contributed by atoms with Gasteiger partial charge < -0.3 is 21.4 Å². The van der Waals surface area contributed by atoms with Gasteiger partial charge in [-0.1, -0.05) is 42.5 Å². The lowest BCUT2D eigenvalue weighted by molar-refractivity contribution is 0.102. The molecule has 1 saturated heterocycles. The quantitative estimate of drug-likeness (QED) is 0.240. The Balaban J connectivity index is 1.25. The number of hydrazine groups is 1. The third kappa shape index (κ3) is 4.95. The van der Waals surface area contributed by atoms with Crippen molar-refractivity contribution in [3.05, 3.63) is 102 Å². The number of rotatable bonds is 6. The molecule has 0 bridgehead atoms. The number of nitrogen functional groups attached to an aromatic ring is 2. The van der Waals surface area contributed by atoms with Gasteiger partial charge >= 0.3 is 0 Å². The maximum absolute atomic E-state index is 12.9. The molecule has 6 N–H and O–H groups in total. The lowest BCUT2D eigenvalue weighted by atomic mass is 9.99. The number of nitrogens with two attached hydrogens (primary N) is 2. The van der Waals surface area contributed by atoms with Gasteiger partial charge in [0.2, 0.25) is 0 Å². The Labute approximate surface area is 204 Å². The van der Waals surface area contributed by atoms with Crippen molar-refractivity contribution in [1.29, 1.82) is 0 Å². The van der Waals surface area contributed by atoms with E-state index in [2.05, 4.69) is 63.1 Å². The van der Waals surface area contributed by atoms with E-state index in [0.717, 1.165) is 30.8 Å². The molecule has 0 radical (unpaired) electrons. The van der Waals surface area contributed by atoms with Gasteiger partial charge in [-0.05, 0) is 60.5 Å². The van der Waals surface area contributed by atoms with Crippen LogP contribution in [0, 0.1) is 0 Å². The smallest absolute Gasteiger partial charge is 0.255 e. The molecule has 1 aliphatic heterocycles. The first-order valence-corrected chi connectivity index (χ1v) is 11.7. The van der Waals surface area contributed by atoms with E-state index in [9.17, 15) is 4.79 Å². The zero-order chi connectivity index (χ0) is 24.2. The standard InChI is InChI=1S/C28H28N6O/c29-25-13-14-26(32-27(25)33-30)20-7-4-8-21(17-20)28(35)31-23-9-11-24(12-10-23)34-16-15-22(18-34)19-5-2-1-3-6-19/h1-14,17,22H,15-16,18,29-30H2,(H,31,35)(H,32,33). The third-order valence-electron chi connectivity index (χ3n) is 6.43. The van der Waals surface area contributed by atoms with Crippen molar-refractivity contribution < 1.29 is 4.79 Å². The number of aromatic nitrogens is 1. The largest absolute Gasteiger partial charge is 0.396 e. The van der Waals surface area contributed by atoms with Crippen LogP contribution in [0.2, 0.25) is 0 Å². The second kappa shape index (κ2) is 9.87. The lowest BCUT2D eigenvalue weighted by Crippen LogP contribution is -2.19. The molecule has 1 fully saturated rings. The summed E-state index contributed by atoms with van der Waals surface area (Å²) in [5.74, 6) is 6.25. The Morgan fingerprint density at radius 2 is 1.74 bits per heavy atom. The fourth-order valence-corrected chi connectivity index (χ4v) is 4.52. The fraction of sp³-hybridized carbons (Fsp3) is 0.143. The maximum Gasteiger partial charge on any atom is 0.255 e. The average Bonchev–Trinajstić information content (AvgIpc) is 3.40. The minimum atomic E-state index is -0.183. The van der Waals surface area contributed by atoms with Crippen LogP contribution >= 0.6 is 0 Å². The Morgan fingerprint density at radius 3 is 2.51 bits per heavy atom. The summed E-state index contributed by atoms with van der Waals surface area (Å²) in [6.45, 7) is 2.03. The summed E-state index contributed by atoms with van der Waals surface area (Å²) in [6.07, 6.45) is 1.14. The molecule has 7 nitrogen and oxygen atoms in total. The van der Waals surface area contributed by atoms with Gasteiger partial charge in [0.05, 0.1) is 11.4 Å². The predicted molar refractivity (Wildman–Crippen MR) is 142 cm³/mol. The highest BCUT2D eigenvalue weighted by Gasteiger charge is 2.23. The van der Waals surface area contributed by atoms with Crippen molar-refractivity contribution in [1.82, 2.24) is 4.98 Å². The van der Waals surface area contributed by atoms with Crippen LogP contribution in [-0.4, -0.2) is 24.0 Å². The molecule has 0 saturated carbocycles. The molecule has 35 heavy (non-hydrogen) atoms. The number of carbonyl (C=O) groups is 1. The van der Waals surface area contributed by atoms with Crippen LogP contribution < -0.4 is 27.2 Å². The highest BCUT2D eigenvalue weighted by atomic mass is 16.1. The summed E-state index contributed by atoms with van der Waals surface area (Å²) in [4.78, 5) is 19.7. The van der Waals surface area contributed by atoms with Crippen LogP contribution in [0.1, 0.15) is 28.3 Å². The first-order valence-electron chi connectivity index (χ1n) is 11.7. The number of hydrogen-bond acceptors (Lipinski definition) is 6. The Kier molecular flexibility index (Phi) is 6.32. The zero-order valence-electron chi connectivity index (χ0n) is 19.3. The van der Waals surface area contributed by atoms with Crippen LogP contribution in [0.4, 0.5) is 22.9 Å². The van der Waals surface area contributed by atoms with Gasteiger partial charge in [-0.3, -0.25) is 4.79 Å². The molecule has 1 aliphatic rings. The number of amides is 1. The van der Waals surface area contributed by atoms with Crippen molar-refractivity contribution in [2.75, 3.05) is 34.5 Å². The molecule has 1 unspecified atom stereocenters. The number of pyridine rings is 1. The SMILES string of the molecule is NNc1nc(-c2cccc(C(=O)Nc3ccc(N4CCC(c5ccccc5)C4)cc3)c2)ccc1N. The molecule has 176 valence electrons. The number of nitrogens with one attached hydrogen (secondary N) is 2. The van der Waals surface area contributed by atoms with Crippen LogP contribution in [0.15, 0.2) is 91.0 Å². The Morgan fingerprint density at radius 1 is 0.943 bits per heavy atom. The van der Waals surface area contributed by atoms with Crippen LogP contribution in [-0.2, 0) is 0 Å². The molecule has 0 aliphatic carbocycles. The molecule has 3 aromatic carbocycles. The van der Waals surface area contributed by atoms with E-state index in [0.29, 0.717) is 28.7 Å². The van der Waals surface area contributed by atoms with E-state index in [-0.39, 0.29) is 5.91 Å². The second-order valence-electron chi connectivity index (χ2n) is 8.70. The van der Waals surface area contributed by atoms with Gasteiger partial charge in [-0.25, -0.2) is 10.8 Å². The van der Waals surface area contributed by atoms with E-state index >= 15 is 0 Å². The molecule has 7 heteroatoms. The minimum absolute atomic E-state index is 0.183. The molecule has 5 rings (SSSR count). The second-order valence-corrected chi connectivity index (χ2v) is 8.70. The van der Waals surface area contributed by atoms with Crippen molar-refractivity contribution in [3.63, 3.8) is 0 Å². The minimum Gasteiger partial charge on any atom is -0.396 e. The highest BCUT2D eigenvalue weighted by Crippen LogP contribution is 2.31. The molecule has 4 aromatic rings. The summed E-state index contributed by atoms with van der Waals surface area (Å²) in [7, 11) is 0. The van der Waals surface area contributed by atoms with E-state index in [1.165, 1.54) is 11.3 Å². The maximum atomic E-state index is 12.9. The summed E-state index contributed by atoms with van der Waals surface area (Å²) in [5, 5.41) is 2.99. The van der Waals surface area contributed by atoms with Crippen LogP contribution in [0.3, 0.4) is 0 Å². The average molecular weight is 465 g/mol. The third-order valence-corrected chi connectivity index (χ3v) is 6.43. The summed E-state index contributed by atoms with van der Waals surface area (Å²) in [6, 6.07) is 29.6. The summed E-state index contributed by atoms with van der Waals surface area (Å²) in [5.41, 5.74) is 14.1. The van der Waals surface area contributed by atoms with Crippen LogP contribution in [0.5, 0.6) is 0 Å². The monoisotopic (exact) mass is 464 g/mol. The number of benzene rings is 3. The van der Waals surface area contributed by atoms with Gasteiger partial charge in [0.25, 0.3) is 5.91 Å².